The van der Waals surface area contributed by atoms with E-state index < -0.39 is 6.23 Å². The van der Waals surface area contributed by atoms with Crippen molar-refractivity contribution in [2.45, 2.75) is 25.6 Å². The molecule has 0 spiro atoms. The highest BCUT2D eigenvalue weighted by molar-refractivity contribution is 5.97. The maximum Gasteiger partial charge on any atom is 0.176 e. The molecule has 0 saturated carbocycles. The molecule has 2 aromatic rings. The van der Waals surface area contributed by atoms with Gasteiger partial charge in [0.15, 0.2) is 5.78 Å². The van der Waals surface area contributed by atoms with Crippen LogP contribution in [0.1, 0.15) is 40.6 Å². The van der Waals surface area contributed by atoms with Crippen LogP contribution in [0.3, 0.4) is 0 Å². The second kappa shape index (κ2) is 7.89. The Morgan fingerprint density at radius 1 is 1.07 bits per heavy atom. The zero-order chi connectivity index (χ0) is 18.8. The third kappa shape index (κ3) is 4.10. The van der Waals surface area contributed by atoms with E-state index in [4.69, 9.17) is 0 Å². The number of benzene rings is 2. The summed E-state index contributed by atoms with van der Waals surface area (Å²) >= 11 is 0. The van der Waals surface area contributed by atoms with E-state index in [0.29, 0.717) is 18.0 Å². The van der Waals surface area contributed by atoms with Crippen LogP contribution in [0.15, 0.2) is 48.5 Å². The van der Waals surface area contributed by atoms with E-state index in [9.17, 15) is 14.3 Å². The summed E-state index contributed by atoms with van der Waals surface area (Å²) in [7, 11) is 0. The number of ketones is 1. The van der Waals surface area contributed by atoms with Crippen molar-refractivity contribution in [2.75, 3.05) is 26.2 Å². The molecule has 4 rings (SSSR count). The summed E-state index contributed by atoms with van der Waals surface area (Å²) in [6.45, 7) is 3.84. The average molecular weight is 368 g/mol. The van der Waals surface area contributed by atoms with Gasteiger partial charge in [0.05, 0.1) is 6.54 Å². The molecule has 1 atom stereocenters. The fourth-order valence-electron chi connectivity index (χ4n) is 4.19. The van der Waals surface area contributed by atoms with Gasteiger partial charge in [-0.2, -0.15) is 0 Å². The number of fused-ring (bicyclic) bond motifs is 1. The molecule has 0 aromatic heterocycles. The van der Waals surface area contributed by atoms with Crippen LogP contribution >= 0.6 is 0 Å². The SMILES string of the molecule is O=C(CN1CCC(CN2Cc3ccccc3C2O)CC1)c1ccc(F)cc1. The lowest BCUT2D eigenvalue weighted by molar-refractivity contribution is -0.00352. The van der Waals surface area contributed by atoms with Gasteiger partial charge >= 0.3 is 0 Å². The van der Waals surface area contributed by atoms with Crippen molar-refractivity contribution in [3.8, 4) is 0 Å². The predicted molar refractivity (Wildman–Crippen MR) is 102 cm³/mol. The van der Waals surface area contributed by atoms with E-state index in [1.54, 1.807) is 12.1 Å². The van der Waals surface area contributed by atoms with Gasteiger partial charge in [-0.3, -0.25) is 14.6 Å². The van der Waals surface area contributed by atoms with Gasteiger partial charge in [0.2, 0.25) is 0 Å². The summed E-state index contributed by atoms with van der Waals surface area (Å²) < 4.78 is 13.0. The Bertz CT molecular complexity index is 800. The van der Waals surface area contributed by atoms with Crippen LogP contribution in [0.2, 0.25) is 0 Å². The predicted octanol–water partition coefficient (Wildman–Crippen LogP) is 3.23. The van der Waals surface area contributed by atoms with Crippen LogP contribution in [-0.4, -0.2) is 46.9 Å². The first-order chi connectivity index (χ1) is 13.1. The minimum Gasteiger partial charge on any atom is -0.374 e. The van der Waals surface area contributed by atoms with Crippen molar-refractivity contribution < 1.29 is 14.3 Å². The molecule has 0 bridgehead atoms. The Kier molecular flexibility index (Phi) is 5.34. The average Bonchev–Trinajstić information content (AvgIpc) is 3.00. The van der Waals surface area contributed by atoms with Crippen molar-refractivity contribution in [1.29, 1.82) is 0 Å². The van der Waals surface area contributed by atoms with Gasteiger partial charge in [-0.25, -0.2) is 4.39 Å². The Labute approximate surface area is 159 Å². The second-order valence-corrected chi connectivity index (χ2v) is 7.65. The van der Waals surface area contributed by atoms with Crippen molar-refractivity contribution >= 4 is 5.78 Å². The number of aliphatic hydroxyl groups excluding tert-OH is 1. The zero-order valence-corrected chi connectivity index (χ0v) is 15.4. The van der Waals surface area contributed by atoms with E-state index >= 15 is 0 Å². The third-order valence-corrected chi connectivity index (χ3v) is 5.79. The molecule has 4 nitrogen and oxygen atoms in total. The van der Waals surface area contributed by atoms with Crippen LogP contribution in [0.25, 0.3) is 0 Å². The van der Waals surface area contributed by atoms with Gasteiger partial charge < -0.3 is 5.11 Å². The first-order valence-electron chi connectivity index (χ1n) is 9.61. The number of aliphatic hydroxyl groups is 1. The summed E-state index contributed by atoms with van der Waals surface area (Å²) in [6.07, 6.45) is 1.55. The van der Waals surface area contributed by atoms with Gasteiger partial charge in [0.1, 0.15) is 12.0 Å². The standard InChI is InChI=1S/C22H25FN2O2/c23-19-7-5-17(6-8-19)21(26)15-24-11-9-16(10-12-24)13-25-14-18-3-1-2-4-20(18)22(25)27/h1-8,16,22,27H,9-15H2. The lowest BCUT2D eigenvalue weighted by Crippen LogP contribution is -2.40. The molecule has 142 valence electrons. The molecule has 2 aliphatic rings. The molecule has 2 aliphatic heterocycles. The number of carbonyl (C=O) groups is 1. The van der Waals surface area contributed by atoms with Crippen LogP contribution in [0.4, 0.5) is 4.39 Å². The molecule has 0 radical (unpaired) electrons. The smallest absolute Gasteiger partial charge is 0.176 e. The first kappa shape index (κ1) is 18.3. The fraction of sp³-hybridized carbons (Fsp3) is 0.409. The molecular weight excluding hydrogens is 343 g/mol. The fourth-order valence-corrected chi connectivity index (χ4v) is 4.19. The molecular formula is C22H25FN2O2. The first-order valence-corrected chi connectivity index (χ1v) is 9.61. The Morgan fingerprint density at radius 3 is 2.48 bits per heavy atom. The van der Waals surface area contributed by atoms with Crippen molar-refractivity contribution in [2.24, 2.45) is 5.92 Å². The minimum atomic E-state index is -0.501. The van der Waals surface area contributed by atoms with Gasteiger partial charge in [0, 0.05) is 18.7 Å². The normalized spacial score (nSPS) is 21.3. The highest BCUT2D eigenvalue weighted by Crippen LogP contribution is 2.33. The molecule has 1 saturated heterocycles. The van der Waals surface area contributed by atoms with E-state index in [-0.39, 0.29) is 11.6 Å². The monoisotopic (exact) mass is 368 g/mol. The number of halogens is 1. The molecule has 1 N–H and O–H groups in total. The molecule has 5 heteroatoms. The van der Waals surface area contributed by atoms with Crippen molar-refractivity contribution in [1.82, 2.24) is 9.80 Å². The Morgan fingerprint density at radius 2 is 1.78 bits per heavy atom. The molecule has 1 unspecified atom stereocenters. The number of likely N-dealkylation sites (tertiary alicyclic amines) is 1. The zero-order valence-electron chi connectivity index (χ0n) is 15.4. The topological polar surface area (TPSA) is 43.8 Å². The number of carbonyl (C=O) groups excluding carboxylic acids is 1. The molecule has 1 fully saturated rings. The number of rotatable bonds is 5. The van der Waals surface area contributed by atoms with E-state index in [1.165, 1.54) is 17.7 Å². The molecule has 0 amide bonds. The van der Waals surface area contributed by atoms with Gasteiger partial charge in [-0.1, -0.05) is 24.3 Å². The number of nitrogens with zero attached hydrogens (tertiary/aromatic N) is 2. The molecule has 0 aliphatic carbocycles. The molecule has 2 heterocycles. The maximum absolute atomic E-state index is 13.0. The highest BCUT2D eigenvalue weighted by atomic mass is 19.1. The summed E-state index contributed by atoms with van der Waals surface area (Å²) in [5.41, 5.74) is 2.81. The highest BCUT2D eigenvalue weighted by Gasteiger charge is 2.31. The summed E-state index contributed by atoms with van der Waals surface area (Å²) in [6, 6.07) is 13.9. The number of hydrogen-bond acceptors (Lipinski definition) is 4. The van der Waals surface area contributed by atoms with E-state index in [1.807, 2.05) is 18.2 Å². The van der Waals surface area contributed by atoms with Crippen molar-refractivity contribution in [3.05, 3.63) is 71.0 Å². The lowest BCUT2D eigenvalue weighted by Gasteiger charge is -2.34. The number of hydrogen-bond donors (Lipinski definition) is 1. The minimum absolute atomic E-state index is 0.0406. The number of piperidine rings is 1. The lowest BCUT2D eigenvalue weighted by atomic mass is 9.95. The van der Waals surface area contributed by atoms with Crippen LogP contribution < -0.4 is 0 Å². The number of Topliss-reactive ketones (excluding diaryl/α,β-unsaturated/α-hetero) is 1. The van der Waals surface area contributed by atoms with E-state index in [2.05, 4.69) is 15.9 Å². The van der Waals surface area contributed by atoms with Crippen LogP contribution in [-0.2, 0) is 6.54 Å². The summed E-state index contributed by atoms with van der Waals surface area (Å²) in [5.74, 6) is 0.253. The van der Waals surface area contributed by atoms with Crippen LogP contribution in [0, 0.1) is 11.7 Å². The maximum atomic E-state index is 13.0. The summed E-state index contributed by atoms with van der Waals surface area (Å²) in [4.78, 5) is 16.7. The second-order valence-electron chi connectivity index (χ2n) is 7.65. The Balaban J connectivity index is 1.26. The van der Waals surface area contributed by atoms with E-state index in [0.717, 1.165) is 44.6 Å². The van der Waals surface area contributed by atoms with Crippen molar-refractivity contribution in [3.63, 3.8) is 0 Å². The quantitative estimate of drug-likeness (QED) is 0.823. The third-order valence-electron chi connectivity index (χ3n) is 5.79. The Hall–Kier alpha value is -2.08. The van der Waals surface area contributed by atoms with Crippen LogP contribution in [0.5, 0.6) is 0 Å². The summed E-state index contributed by atoms with van der Waals surface area (Å²) in [5, 5.41) is 10.5. The van der Waals surface area contributed by atoms with Gasteiger partial charge in [0.25, 0.3) is 0 Å². The van der Waals surface area contributed by atoms with Gasteiger partial charge in [-0.05, 0) is 67.2 Å². The van der Waals surface area contributed by atoms with Gasteiger partial charge in [-0.15, -0.1) is 0 Å². The largest absolute Gasteiger partial charge is 0.374 e. The molecule has 2 aromatic carbocycles. The molecule has 27 heavy (non-hydrogen) atoms.